The quantitative estimate of drug-likeness (QED) is 0.727. The number of carbonyl (C=O) groups excluding carboxylic acids is 1. The van der Waals surface area contributed by atoms with Crippen molar-refractivity contribution in [2.45, 2.75) is 13.0 Å². The van der Waals surface area contributed by atoms with E-state index in [9.17, 15) is 9.18 Å². The van der Waals surface area contributed by atoms with Gasteiger partial charge >= 0.3 is 6.03 Å². The van der Waals surface area contributed by atoms with Crippen LogP contribution in [0.4, 0.5) is 20.7 Å². The minimum Gasteiger partial charge on any atom is -0.350 e. The second-order valence-corrected chi connectivity index (χ2v) is 6.98. The molecule has 0 unspecified atom stereocenters. The van der Waals surface area contributed by atoms with E-state index in [1.54, 1.807) is 17.2 Å². The van der Waals surface area contributed by atoms with Crippen molar-refractivity contribution in [3.63, 3.8) is 0 Å². The van der Waals surface area contributed by atoms with Gasteiger partial charge in [0.25, 0.3) is 0 Å². The van der Waals surface area contributed by atoms with Crippen LogP contribution in [-0.4, -0.2) is 41.6 Å². The molecule has 0 spiro atoms. The second-order valence-electron chi connectivity index (χ2n) is 5.74. The minimum absolute atomic E-state index is 0.0389. The van der Waals surface area contributed by atoms with E-state index in [-0.39, 0.29) is 17.9 Å². The average Bonchev–Trinajstić information content (AvgIpc) is 2.55. The van der Waals surface area contributed by atoms with Gasteiger partial charge in [-0.25, -0.2) is 14.2 Å². The summed E-state index contributed by atoms with van der Waals surface area (Å²) in [7, 11) is 0. The van der Waals surface area contributed by atoms with Gasteiger partial charge in [0, 0.05) is 41.1 Å². The summed E-state index contributed by atoms with van der Waals surface area (Å²) in [5.41, 5.74) is 0.775. The molecule has 5 nitrogen and oxygen atoms in total. The lowest BCUT2D eigenvalue weighted by Gasteiger charge is -2.40. The lowest BCUT2D eigenvalue weighted by Crippen LogP contribution is -2.55. The molecule has 0 saturated carbocycles. The van der Waals surface area contributed by atoms with E-state index in [0.717, 1.165) is 9.26 Å². The van der Waals surface area contributed by atoms with E-state index in [1.165, 1.54) is 6.07 Å². The van der Waals surface area contributed by atoms with Crippen LogP contribution in [0.2, 0.25) is 0 Å². The van der Waals surface area contributed by atoms with Gasteiger partial charge in [0.2, 0.25) is 0 Å². The van der Waals surface area contributed by atoms with Gasteiger partial charge in [0.05, 0.1) is 0 Å². The topological polar surface area (TPSA) is 48.5 Å². The van der Waals surface area contributed by atoms with Gasteiger partial charge in [0.1, 0.15) is 0 Å². The Morgan fingerprint density at radius 2 is 2.17 bits per heavy atom. The number of urea groups is 1. The standard InChI is InChI=1S/C17H18FIN4O/c1-12-11-22(16-15(18)6-3-7-20-16)8-9-23(12)17(24)21-14-5-2-4-13(19)10-14/h2-7,10,12H,8-9,11H2,1H3,(H,21,24)/t12-/m1/s1. The SMILES string of the molecule is C[C@@H]1CN(c2ncccc2F)CCN1C(=O)Nc1cccc(I)c1. The van der Waals surface area contributed by atoms with Crippen LogP contribution in [0, 0.1) is 9.39 Å². The lowest BCUT2D eigenvalue weighted by molar-refractivity contribution is 0.184. The predicted molar refractivity (Wildman–Crippen MR) is 101 cm³/mol. The molecule has 1 saturated heterocycles. The van der Waals surface area contributed by atoms with Gasteiger partial charge in [-0.2, -0.15) is 0 Å². The Labute approximate surface area is 154 Å². The summed E-state index contributed by atoms with van der Waals surface area (Å²) in [5.74, 6) is 0.0171. The van der Waals surface area contributed by atoms with Gasteiger partial charge in [-0.1, -0.05) is 6.07 Å². The molecule has 2 aromatic rings. The number of hydrogen-bond donors (Lipinski definition) is 1. The zero-order valence-electron chi connectivity index (χ0n) is 13.2. The molecule has 1 aromatic heterocycles. The summed E-state index contributed by atoms with van der Waals surface area (Å²) < 4.78 is 14.9. The van der Waals surface area contributed by atoms with Crippen molar-refractivity contribution in [1.29, 1.82) is 0 Å². The fourth-order valence-corrected chi connectivity index (χ4v) is 3.37. The second kappa shape index (κ2) is 7.33. The molecule has 24 heavy (non-hydrogen) atoms. The Kier molecular flexibility index (Phi) is 5.17. The molecule has 0 radical (unpaired) electrons. The first-order valence-electron chi connectivity index (χ1n) is 7.73. The Balaban J connectivity index is 1.65. The number of aromatic nitrogens is 1. The summed E-state index contributed by atoms with van der Waals surface area (Å²) >= 11 is 2.21. The van der Waals surface area contributed by atoms with Crippen LogP contribution in [0.5, 0.6) is 0 Å². The zero-order valence-corrected chi connectivity index (χ0v) is 15.4. The van der Waals surface area contributed by atoms with E-state index in [4.69, 9.17) is 0 Å². The van der Waals surface area contributed by atoms with Crippen LogP contribution < -0.4 is 10.2 Å². The van der Waals surface area contributed by atoms with E-state index >= 15 is 0 Å². The molecule has 2 heterocycles. The van der Waals surface area contributed by atoms with Crippen molar-refractivity contribution in [3.05, 3.63) is 52.0 Å². The number of nitrogens with one attached hydrogen (secondary N) is 1. The molecular formula is C17H18FIN4O. The molecule has 1 aliphatic rings. The fourth-order valence-electron chi connectivity index (χ4n) is 2.82. The maximum absolute atomic E-state index is 13.9. The highest BCUT2D eigenvalue weighted by atomic mass is 127. The molecule has 7 heteroatoms. The lowest BCUT2D eigenvalue weighted by atomic mass is 10.2. The molecule has 1 N–H and O–H groups in total. The Hall–Kier alpha value is -1.90. The van der Waals surface area contributed by atoms with Crippen molar-refractivity contribution in [2.24, 2.45) is 0 Å². The van der Waals surface area contributed by atoms with Crippen LogP contribution in [0.3, 0.4) is 0 Å². The summed E-state index contributed by atoms with van der Waals surface area (Å²) in [4.78, 5) is 20.3. The maximum atomic E-state index is 13.9. The molecular weight excluding hydrogens is 422 g/mol. The molecule has 126 valence electrons. The number of hydrogen-bond acceptors (Lipinski definition) is 3. The highest BCUT2D eigenvalue weighted by molar-refractivity contribution is 14.1. The number of nitrogens with zero attached hydrogens (tertiary/aromatic N) is 3. The smallest absolute Gasteiger partial charge is 0.322 e. The van der Waals surface area contributed by atoms with Crippen LogP contribution in [0.25, 0.3) is 0 Å². The summed E-state index contributed by atoms with van der Waals surface area (Å²) in [6.07, 6.45) is 1.58. The third-order valence-corrected chi connectivity index (χ3v) is 4.67. The first-order valence-corrected chi connectivity index (χ1v) is 8.81. The maximum Gasteiger partial charge on any atom is 0.322 e. The highest BCUT2D eigenvalue weighted by Crippen LogP contribution is 2.21. The number of rotatable bonds is 2. The molecule has 1 aromatic carbocycles. The first-order chi connectivity index (χ1) is 11.5. The Morgan fingerprint density at radius 3 is 2.88 bits per heavy atom. The molecule has 2 amide bonds. The average molecular weight is 440 g/mol. The number of piperazine rings is 1. The Bertz CT molecular complexity index is 742. The van der Waals surface area contributed by atoms with E-state index in [0.29, 0.717) is 25.5 Å². The predicted octanol–water partition coefficient (Wildman–Crippen LogP) is 3.57. The van der Waals surface area contributed by atoms with Gasteiger partial charge in [-0.05, 0) is 59.8 Å². The number of amides is 2. The van der Waals surface area contributed by atoms with E-state index in [2.05, 4.69) is 32.9 Å². The van der Waals surface area contributed by atoms with Gasteiger partial charge < -0.3 is 15.1 Å². The molecule has 1 fully saturated rings. The van der Waals surface area contributed by atoms with E-state index in [1.807, 2.05) is 36.1 Å². The van der Waals surface area contributed by atoms with Crippen molar-refractivity contribution >= 4 is 40.1 Å². The zero-order chi connectivity index (χ0) is 17.1. The van der Waals surface area contributed by atoms with Gasteiger partial charge in [-0.15, -0.1) is 0 Å². The molecule has 1 atom stereocenters. The summed E-state index contributed by atoms with van der Waals surface area (Å²) in [6.45, 7) is 3.58. The van der Waals surface area contributed by atoms with Crippen molar-refractivity contribution in [1.82, 2.24) is 9.88 Å². The number of halogens is 2. The largest absolute Gasteiger partial charge is 0.350 e. The van der Waals surface area contributed by atoms with Crippen LogP contribution in [0.1, 0.15) is 6.92 Å². The number of pyridine rings is 1. The summed E-state index contributed by atoms with van der Waals surface area (Å²) in [6, 6.07) is 10.5. The number of benzene rings is 1. The number of carbonyl (C=O) groups is 1. The van der Waals surface area contributed by atoms with Crippen molar-refractivity contribution in [3.8, 4) is 0 Å². The van der Waals surface area contributed by atoms with Crippen LogP contribution >= 0.6 is 22.6 Å². The first kappa shape index (κ1) is 16.9. The third kappa shape index (κ3) is 3.77. The fraction of sp³-hybridized carbons (Fsp3) is 0.294. The molecule has 0 bridgehead atoms. The minimum atomic E-state index is -0.332. The normalized spacial score (nSPS) is 17.7. The van der Waals surface area contributed by atoms with Gasteiger partial charge in [-0.3, -0.25) is 0 Å². The third-order valence-electron chi connectivity index (χ3n) is 4.00. The number of anilines is 2. The van der Waals surface area contributed by atoms with E-state index < -0.39 is 0 Å². The van der Waals surface area contributed by atoms with Crippen molar-refractivity contribution in [2.75, 3.05) is 29.9 Å². The molecule has 1 aliphatic heterocycles. The highest BCUT2D eigenvalue weighted by Gasteiger charge is 2.29. The molecule has 3 rings (SSSR count). The molecule has 0 aliphatic carbocycles. The monoisotopic (exact) mass is 440 g/mol. The summed E-state index contributed by atoms with van der Waals surface area (Å²) in [5, 5.41) is 2.92. The van der Waals surface area contributed by atoms with Crippen LogP contribution in [0.15, 0.2) is 42.6 Å². The van der Waals surface area contributed by atoms with Crippen molar-refractivity contribution < 1.29 is 9.18 Å². The van der Waals surface area contributed by atoms with Gasteiger partial charge in [0.15, 0.2) is 11.6 Å². The Morgan fingerprint density at radius 1 is 1.33 bits per heavy atom. The van der Waals surface area contributed by atoms with Crippen LogP contribution in [-0.2, 0) is 0 Å².